The van der Waals surface area contributed by atoms with Gasteiger partial charge in [-0.05, 0) is 24.8 Å². The van der Waals surface area contributed by atoms with Gasteiger partial charge in [-0.3, -0.25) is 0 Å². The Morgan fingerprint density at radius 1 is 1.00 bits per heavy atom. The van der Waals surface area contributed by atoms with Crippen LogP contribution in [0.15, 0.2) is 0 Å². The van der Waals surface area contributed by atoms with Crippen LogP contribution >= 0.6 is 0 Å². The average molecular weight is 281 g/mol. The molecule has 110 valence electrons. The van der Waals surface area contributed by atoms with Crippen LogP contribution in [0.5, 0.6) is 0 Å². The van der Waals surface area contributed by atoms with E-state index in [2.05, 4.69) is 4.74 Å². The number of nitrogens with two attached hydrogens (primary N) is 1. The molecule has 0 aliphatic carbocycles. The Morgan fingerprint density at radius 2 is 1.44 bits per heavy atom. The molecule has 0 radical (unpaired) electrons. The molecule has 0 aliphatic rings. The predicted molar refractivity (Wildman–Crippen MR) is 53.9 cm³/mol. The van der Waals surface area contributed by atoms with Crippen LogP contribution in [0.2, 0.25) is 0 Å². The third-order valence-electron chi connectivity index (χ3n) is 2.43. The minimum Gasteiger partial charge on any atom is -0.361 e. The smallest absolute Gasteiger partial charge is 0.361 e. The Kier molecular flexibility index (Phi) is 5.93. The SMILES string of the molecule is CC(C)(CN)CCCOC(C(F)(F)F)C(F)(F)F. The van der Waals surface area contributed by atoms with Crippen LogP contribution in [0.3, 0.4) is 0 Å². The van der Waals surface area contributed by atoms with E-state index in [1.54, 1.807) is 13.8 Å². The Morgan fingerprint density at radius 3 is 1.78 bits per heavy atom. The average Bonchev–Trinajstić information content (AvgIpc) is 2.13. The number of alkyl halides is 6. The van der Waals surface area contributed by atoms with Crippen molar-refractivity contribution in [2.45, 2.75) is 45.1 Å². The van der Waals surface area contributed by atoms with E-state index in [4.69, 9.17) is 5.73 Å². The van der Waals surface area contributed by atoms with Crippen molar-refractivity contribution in [2.24, 2.45) is 11.1 Å². The van der Waals surface area contributed by atoms with Crippen molar-refractivity contribution in [1.82, 2.24) is 0 Å². The van der Waals surface area contributed by atoms with Crippen LogP contribution in [0, 0.1) is 5.41 Å². The molecule has 0 aromatic rings. The minimum absolute atomic E-state index is 0.0901. The molecule has 2 N–H and O–H groups in total. The summed E-state index contributed by atoms with van der Waals surface area (Å²) in [4.78, 5) is 0. The Balaban J connectivity index is 4.24. The van der Waals surface area contributed by atoms with Gasteiger partial charge in [0.1, 0.15) is 0 Å². The highest BCUT2D eigenvalue weighted by Gasteiger charge is 2.57. The van der Waals surface area contributed by atoms with Gasteiger partial charge >= 0.3 is 12.4 Å². The van der Waals surface area contributed by atoms with Crippen molar-refractivity contribution in [3.63, 3.8) is 0 Å². The van der Waals surface area contributed by atoms with E-state index in [9.17, 15) is 26.3 Å². The summed E-state index contributed by atoms with van der Waals surface area (Å²) >= 11 is 0. The number of ether oxygens (including phenoxy) is 1. The van der Waals surface area contributed by atoms with Gasteiger partial charge in [0.15, 0.2) is 0 Å². The largest absolute Gasteiger partial charge is 0.423 e. The van der Waals surface area contributed by atoms with Gasteiger partial charge in [-0.1, -0.05) is 13.8 Å². The van der Waals surface area contributed by atoms with Crippen molar-refractivity contribution in [1.29, 1.82) is 0 Å². The molecule has 0 rings (SSSR count). The number of hydrogen-bond donors (Lipinski definition) is 1. The molecule has 18 heavy (non-hydrogen) atoms. The maximum absolute atomic E-state index is 12.1. The zero-order valence-electron chi connectivity index (χ0n) is 10.2. The third-order valence-corrected chi connectivity index (χ3v) is 2.43. The fourth-order valence-electron chi connectivity index (χ4n) is 1.23. The molecule has 0 heterocycles. The monoisotopic (exact) mass is 281 g/mol. The first kappa shape index (κ1) is 17.5. The van der Waals surface area contributed by atoms with Crippen LogP contribution in [0.25, 0.3) is 0 Å². The molecule has 0 fully saturated rings. The van der Waals surface area contributed by atoms with E-state index >= 15 is 0 Å². The molecule has 0 saturated heterocycles. The Labute approximate surface area is 101 Å². The number of rotatable bonds is 6. The van der Waals surface area contributed by atoms with Gasteiger partial charge in [0.2, 0.25) is 6.10 Å². The summed E-state index contributed by atoms with van der Waals surface area (Å²) in [5.41, 5.74) is 5.06. The molecule has 0 aromatic heterocycles. The zero-order chi connectivity index (χ0) is 14.6. The second-order valence-electron chi connectivity index (χ2n) is 4.81. The second kappa shape index (κ2) is 6.10. The predicted octanol–water partition coefficient (Wildman–Crippen LogP) is 3.26. The summed E-state index contributed by atoms with van der Waals surface area (Å²) in [5, 5.41) is 0. The van der Waals surface area contributed by atoms with Gasteiger partial charge in [0.25, 0.3) is 0 Å². The molecular weight excluding hydrogens is 264 g/mol. The van der Waals surface area contributed by atoms with E-state index in [0.29, 0.717) is 13.0 Å². The molecule has 0 bridgehead atoms. The van der Waals surface area contributed by atoms with Crippen LogP contribution < -0.4 is 5.73 Å². The van der Waals surface area contributed by atoms with Gasteiger partial charge in [0.05, 0.1) is 0 Å². The summed E-state index contributed by atoms with van der Waals surface area (Å²) in [5.74, 6) is 0. The van der Waals surface area contributed by atoms with Crippen LogP contribution in [-0.2, 0) is 4.74 Å². The summed E-state index contributed by atoms with van der Waals surface area (Å²) in [6.45, 7) is 3.25. The van der Waals surface area contributed by atoms with Crippen molar-refractivity contribution < 1.29 is 31.1 Å². The maximum atomic E-state index is 12.1. The summed E-state index contributed by atoms with van der Waals surface area (Å²) < 4.78 is 76.4. The lowest BCUT2D eigenvalue weighted by atomic mass is 9.88. The van der Waals surface area contributed by atoms with Crippen molar-refractivity contribution in [3.8, 4) is 0 Å². The molecule has 8 heteroatoms. The van der Waals surface area contributed by atoms with Crippen molar-refractivity contribution >= 4 is 0 Å². The fraction of sp³-hybridized carbons (Fsp3) is 1.00. The third kappa shape index (κ3) is 6.44. The topological polar surface area (TPSA) is 35.2 Å². The lowest BCUT2D eigenvalue weighted by Crippen LogP contribution is -2.44. The molecule has 0 amide bonds. The van der Waals surface area contributed by atoms with Crippen molar-refractivity contribution in [2.75, 3.05) is 13.2 Å². The van der Waals surface area contributed by atoms with E-state index in [1.165, 1.54) is 0 Å². The lowest BCUT2D eigenvalue weighted by Gasteiger charge is -2.25. The minimum atomic E-state index is -5.44. The first-order chi connectivity index (χ1) is 7.90. The molecular formula is C10H17F6NO. The van der Waals surface area contributed by atoms with E-state index in [0.717, 1.165) is 0 Å². The Bertz CT molecular complexity index is 234. The van der Waals surface area contributed by atoms with Crippen LogP contribution in [0.1, 0.15) is 26.7 Å². The zero-order valence-corrected chi connectivity index (χ0v) is 10.2. The standard InChI is InChI=1S/C10H17F6NO/c1-8(2,6-17)4-3-5-18-7(9(11,12)13)10(14,15)16/h7H,3-6,17H2,1-2H3. The highest BCUT2D eigenvalue weighted by molar-refractivity contribution is 4.76. The summed E-state index contributed by atoms with van der Waals surface area (Å²) in [6.07, 6.45) is -14.1. The molecule has 0 saturated carbocycles. The van der Waals surface area contributed by atoms with Gasteiger partial charge in [-0.2, -0.15) is 26.3 Å². The van der Waals surface area contributed by atoms with Gasteiger partial charge in [0, 0.05) is 6.61 Å². The number of halogens is 6. The molecule has 0 unspecified atom stereocenters. The van der Waals surface area contributed by atoms with Crippen LogP contribution in [0.4, 0.5) is 26.3 Å². The number of hydrogen-bond acceptors (Lipinski definition) is 2. The van der Waals surface area contributed by atoms with Crippen LogP contribution in [-0.4, -0.2) is 31.6 Å². The normalized spacial score (nSPS) is 14.3. The molecule has 0 atom stereocenters. The van der Waals surface area contributed by atoms with E-state index < -0.39 is 25.1 Å². The Hall–Kier alpha value is -0.500. The van der Waals surface area contributed by atoms with Crippen molar-refractivity contribution in [3.05, 3.63) is 0 Å². The molecule has 0 aromatic carbocycles. The van der Waals surface area contributed by atoms with E-state index in [-0.39, 0.29) is 11.8 Å². The fourth-order valence-corrected chi connectivity index (χ4v) is 1.23. The highest BCUT2D eigenvalue weighted by atomic mass is 19.4. The first-order valence-corrected chi connectivity index (χ1v) is 5.35. The van der Waals surface area contributed by atoms with Gasteiger partial charge in [-0.15, -0.1) is 0 Å². The molecule has 0 aliphatic heterocycles. The summed E-state index contributed by atoms with van der Waals surface area (Å²) in [7, 11) is 0. The summed E-state index contributed by atoms with van der Waals surface area (Å²) in [6, 6.07) is 0. The van der Waals surface area contributed by atoms with E-state index in [1.807, 2.05) is 0 Å². The highest BCUT2D eigenvalue weighted by Crippen LogP contribution is 2.35. The van der Waals surface area contributed by atoms with Gasteiger partial charge in [-0.25, -0.2) is 0 Å². The maximum Gasteiger partial charge on any atom is 0.423 e. The first-order valence-electron chi connectivity index (χ1n) is 5.35. The molecule has 2 nitrogen and oxygen atoms in total. The quantitative estimate of drug-likeness (QED) is 0.599. The molecule has 0 spiro atoms. The van der Waals surface area contributed by atoms with Gasteiger partial charge < -0.3 is 10.5 Å². The second-order valence-corrected chi connectivity index (χ2v) is 4.81. The lowest BCUT2D eigenvalue weighted by molar-refractivity contribution is -0.322.